The van der Waals surface area contributed by atoms with Crippen molar-refractivity contribution >= 4 is 11.6 Å². The van der Waals surface area contributed by atoms with Gasteiger partial charge in [-0.15, -0.1) is 11.6 Å². The van der Waals surface area contributed by atoms with Crippen molar-refractivity contribution in [3.8, 4) is 17.6 Å². The summed E-state index contributed by atoms with van der Waals surface area (Å²) in [6.45, 7) is 4.23. The van der Waals surface area contributed by atoms with Crippen LogP contribution in [0.1, 0.15) is 36.5 Å². The summed E-state index contributed by atoms with van der Waals surface area (Å²) >= 11 is 5.78. The van der Waals surface area contributed by atoms with E-state index in [-0.39, 0.29) is 0 Å². The number of hydrogen-bond acceptors (Lipinski definition) is 2. The fraction of sp³-hybridized carbons (Fsp3) is 0.235. The van der Waals surface area contributed by atoms with E-state index < -0.39 is 0 Å². The van der Waals surface area contributed by atoms with Gasteiger partial charge in [-0.05, 0) is 35.2 Å². The van der Waals surface area contributed by atoms with E-state index in [0.717, 1.165) is 16.9 Å². The molecule has 0 aliphatic carbocycles. The molecule has 2 rings (SSSR count). The number of halogens is 1. The predicted molar refractivity (Wildman–Crippen MR) is 81.3 cm³/mol. The molecule has 0 N–H and O–H groups in total. The van der Waals surface area contributed by atoms with Crippen molar-refractivity contribution < 1.29 is 4.74 Å². The van der Waals surface area contributed by atoms with Gasteiger partial charge in [0, 0.05) is 5.88 Å². The van der Waals surface area contributed by atoms with Gasteiger partial charge < -0.3 is 4.74 Å². The van der Waals surface area contributed by atoms with Crippen molar-refractivity contribution in [3.63, 3.8) is 0 Å². The Balaban J connectivity index is 2.38. The van der Waals surface area contributed by atoms with E-state index in [4.69, 9.17) is 16.3 Å². The van der Waals surface area contributed by atoms with Gasteiger partial charge in [-0.3, -0.25) is 0 Å². The molecule has 0 aliphatic rings. The molecule has 0 fully saturated rings. The van der Waals surface area contributed by atoms with Crippen molar-refractivity contribution in [1.82, 2.24) is 0 Å². The standard InChI is InChI=1S/C17H16ClNO/c1-12(2)15-5-3-4-6-17(15)20-16-8-7-13(10-18)9-14(16)11-19/h3-9,12H,10H2,1-2H3. The topological polar surface area (TPSA) is 33.0 Å². The smallest absolute Gasteiger partial charge is 0.145 e. The third-order valence-corrected chi connectivity index (χ3v) is 3.39. The number of nitrogens with zero attached hydrogens (tertiary/aromatic N) is 1. The summed E-state index contributed by atoms with van der Waals surface area (Å²) in [6, 6.07) is 15.5. The van der Waals surface area contributed by atoms with Crippen LogP contribution in [0.2, 0.25) is 0 Å². The molecule has 2 aromatic rings. The van der Waals surface area contributed by atoms with E-state index in [9.17, 15) is 5.26 Å². The molecule has 20 heavy (non-hydrogen) atoms. The van der Waals surface area contributed by atoms with Crippen LogP contribution >= 0.6 is 11.6 Å². The monoisotopic (exact) mass is 285 g/mol. The van der Waals surface area contributed by atoms with E-state index in [1.165, 1.54) is 0 Å². The summed E-state index contributed by atoms with van der Waals surface area (Å²) in [5.41, 5.74) is 2.53. The van der Waals surface area contributed by atoms with E-state index in [2.05, 4.69) is 19.9 Å². The van der Waals surface area contributed by atoms with Crippen molar-refractivity contribution in [3.05, 3.63) is 59.2 Å². The lowest BCUT2D eigenvalue weighted by Gasteiger charge is -2.14. The molecule has 0 spiro atoms. The molecule has 0 atom stereocenters. The zero-order valence-electron chi connectivity index (χ0n) is 11.6. The Bertz CT molecular complexity index is 644. The quantitative estimate of drug-likeness (QED) is 0.722. The summed E-state index contributed by atoms with van der Waals surface area (Å²) in [7, 11) is 0. The number of ether oxygens (including phenoxy) is 1. The number of nitriles is 1. The van der Waals surface area contributed by atoms with Crippen LogP contribution in [0.25, 0.3) is 0 Å². The Labute approximate surface area is 124 Å². The van der Waals surface area contributed by atoms with Gasteiger partial charge in [0.1, 0.15) is 17.6 Å². The van der Waals surface area contributed by atoms with Gasteiger partial charge in [-0.2, -0.15) is 5.26 Å². The molecule has 2 aromatic carbocycles. The summed E-state index contributed by atoms with van der Waals surface area (Å²) in [6.07, 6.45) is 0. The van der Waals surface area contributed by atoms with Gasteiger partial charge >= 0.3 is 0 Å². The van der Waals surface area contributed by atoms with Gasteiger partial charge in [0.25, 0.3) is 0 Å². The predicted octanol–water partition coefficient (Wildman–Crippen LogP) is 5.21. The summed E-state index contributed by atoms with van der Waals surface area (Å²) in [4.78, 5) is 0. The first-order valence-electron chi connectivity index (χ1n) is 6.51. The fourth-order valence-electron chi connectivity index (χ4n) is 2.01. The van der Waals surface area contributed by atoms with Crippen LogP contribution < -0.4 is 4.74 Å². The maximum absolute atomic E-state index is 9.22. The summed E-state index contributed by atoms with van der Waals surface area (Å²) in [5.74, 6) is 2.10. The highest BCUT2D eigenvalue weighted by atomic mass is 35.5. The van der Waals surface area contributed by atoms with Crippen LogP contribution in [0.15, 0.2) is 42.5 Å². The van der Waals surface area contributed by atoms with Crippen LogP contribution in [-0.4, -0.2) is 0 Å². The van der Waals surface area contributed by atoms with Gasteiger partial charge in [-0.25, -0.2) is 0 Å². The molecule has 3 heteroatoms. The molecule has 0 heterocycles. The minimum Gasteiger partial charge on any atom is -0.456 e. The molecule has 0 saturated heterocycles. The fourth-order valence-corrected chi connectivity index (χ4v) is 2.17. The number of hydrogen-bond donors (Lipinski definition) is 0. The van der Waals surface area contributed by atoms with Crippen molar-refractivity contribution in [2.24, 2.45) is 0 Å². The highest BCUT2D eigenvalue weighted by molar-refractivity contribution is 6.17. The second kappa shape index (κ2) is 6.45. The molecule has 0 radical (unpaired) electrons. The molecule has 0 saturated carbocycles. The SMILES string of the molecule is CC(C)c1ccccc1Oc1ccc(CCl)cc1C#N. The second-order valence-corrected chi connectivity index (χ2v) is 5.14. The van der Waals surface area contributed by atoms with E-state index >= 15 is 0 Å². The maximum Gasteiger partial charge on any atom is 0.145 e. The van der Waals surface area contributed by atoms with Crippen LogP contribution in [0.5, 0.6) is 11.5 Å². The number of para-hydroxylation sites is 1. The first-order valence-corrected chi connectivity index (χ1v) is 7.05. The van der Waals surface area contributed by atoms with Gasteiger partial charge in [-0.1, -0.05) is 38.1 Å². The number of rotatable bonds is 4. The summed E-state index contributed by atoms with van der Waals surface area (Å²) in [5, 5.41) is 9.22. The molecular formula is C17H16ClNO. The lowest BCUT2D eigenvalue weighted by Crippen LogP contribution is -1.95. The first kappa shape index (κ1) is 14.4. The van der Waals surface area contributed by atoms with Gasteiger partial charge in [0.2, 0.25) is 0 Å². The lowest BCUT2D eigenvalue weighted by atomic mass is 10.0. The largest absolute Gasteiger partial charge is 0.456 e. The molecule has 2 nitrogen and oxygen atoms in total. The zero-order valence-corrected chi connectivity index (χ0v) is 12.3. The molecular weight excluding hydrogens is 270 g/mol. The Hall–Kier alpha value is -1.98. The van der Waals surface area contributed by atoms with Crippen LogP contribution in [0.4, 0.5) is 0 Å². The first-order chi connectivity index (χ1) is 9.65. The van der Waals surface area contributed by atoms with E-state index in [0.29, 0.717) is 23.1 Å². The Morgan fingerprint density at radius 2 is 1.90 bits per heavy atom. The highest BCUT2D eigenvalue weighted by Gasteiger charge is 2.11. The van der Waals surface area contributed by atoms with Crippen LogP contribution in [0, 0.1) is 11.3 Å². The zero-order chi connectivity index (χ0) is 14.5. The Morgan fingerprint density at radius 3 is 2.55 bits per heavy atom. The Kier molecular flexibility index (Phi) is 4.65. The molecule has 0 aliphatic heterocycles. The van der Waals surface area contributed by atoms with Crippen LogP contribution in [0.3, 0.4) is 0 Å². The van der Waals surface area contributed by atoms with Crippen molar-refractivity contribution in [2.75, 3.05) is 0 Å². The second-order valence-electron chi connectivity index (χ2n) is 4.87. The minimum absolute atomic E-state index is 0.360. The van der Waals surface area contributed by atoms with Crippen molar-refractivity contribution in [1.29, 1.82) is 5.26 Å². The number of alkyl halides is 1. The van der Waals surface area contributed by atoms with E-state index in [1.807, 2.05) is 30.3 Å². The normalized spacial score (nSPS) is 10.3. The van der Waals surface area contributed by atoms with Crippen molar-refractivity contribution in [2.45, 2.75) is 25.6 Å². The summed E-state index contributed by atoms with van der Waals surface area (Å²) < 4.78 is 5.93. The van der Waals surface area contributed by atoms with E-state index in [1.54, 1.807) is 12.1 Å². The molecule has 0 aromatic heterocycles. The third-order valence-electron chi connectivity index (χ3n) is 3.08. The minimum atomic E-state index is 0.360. The molecule has 102 valence electrons. The van der Waals surface area contributed by atoms with Gasteiger partial charge in [0.05, 0.1) is 5.56 Å². The average Bonchev–Trinajstić information content (AvgIpc) is 2.48. The third kappa shape index (κ3) is 3.12. The Morgan fingerprint density at radius 1 is 1.15 bits per heavy atom. The molecule has 0 amide bonds. The maximum atomic E-state index is 9.22. The van der Waals surface area contributed by atoms with Crippen LogP contribution in [-0.2, 0) is 5.88 Å². The molecule has 0 unspecified atom stereocenters. The van der Waals surface area contributed by atoms with Gasteiger partial charge in [0.15, 0.2) is 0 Å². The average molecular weight is 286 g/mol. The lowest BCUT2D eigenvalue weighted by molar-refractivity contribution is 0.471. The molecule has 0 bridgehead atoms. The highest BCUT2D eigenvalue weighted by Crippen LogP contribution is 2.32. The number of benzene rings is 2.